The molecule has 0 aromatic heterocycles. The minimum Gasteiger partial charge on any atom is -0.465 e. The van der Waals surface area contributed by atoms with Crippen LogP contribution in [0, 0.1) is 0 Å². The topological polar surface area (TPSA) is 78.9 Å². The van der Waals surface area contributed by atoms with E-state index < -0.39 is 23.5 Å². The number of hydrogen-bond acceptors (Lipinski definition) is 3. The molecule has 110 valence electrons. The zero-order chi connectivity index (χ0) is 14.7. The average Bonchev–Trinajstić information content (AvgIpc) is 2.25. The van der Waals surface area contributed by atoms with Crippen molar-refractivity contribution < 1.29 is 23.8 Å². The number of hydrogen-bond donors (Lipinski definition) is 2. The Labute approximate surface area is 111 Å². The molecule has 7 heteroatoms. The van der Waals surface area contributed by atoms with Gasteiger partial charge in [0.05, 0.1) is 6.54 Å². The fraction of sp³-hybridized carbons (Fsp3) is 0.833. The third-order valence-electron chi connectivity index (χ3n) is 2.88. The Morgan fingerprint density at radius 3 is 2.32 bits per heavy atom. The molecule has 0 atom stereocenters. The van der Waals surface area contributed by atoms with Crippen LogP contribution in [0.5, 0.6) is 0 Å². The number of nitrogens with zero attached hydrogens (tertiary/aromatic N) is 1. The van der Waals surface area contributed by atoms with Crippen LogP contribution in [0.25, 0.3) is 0 Å². The van der Waals surface area contributed by atoms with Crippen molar-refractivity contribution in [3.8, 4) is 0 Å². The number of halogens is 1. The number of piperidine rings is 1. The molecule has 2 N–H and O–H groups in total. The monoisotopic (exact) mass is 276 g/mol. The van der Waals surface area contributed by atoms with Gasteiger partial charge in [-0.3, -0.25) is 0 Å². The van der Waals surface area contributed by atoms with E-state index >= 15 is 0 Å². The summed E-state index contributed by atoms with van der Waals surface area (Å²) in [5.74, 6) is 0. The van der Waals surface area contributed by atoms with Gasteiger partial charge in [0.15, 0.2) is 0 Å². The summed E-state index contributed by atoms with van der Waals surface area (Å²) in [5.41, 5.74) is -2.19. The van der Waals surface area contributed by atoms with E-state index in [2.05, 4.69) is 5.32 Å². The van der Waals surface area contributed by atoms with Gasteiger partial charge in [-0.25, -0.2) is 14.0 Å². The minimum absolute atomic E-state index is 0.0785. The van der Waals surface area contributed by atoms with Crippen LogP contribution in [0.2, 0.25) is 0 Å². The summed E-state index contributed by atoms with van der Waals surface area (Å²) in [6.45, 7) is 5.30. The van der Waals surface area contributed by atoms with Gasteiger partial charge in [0.1, 0.15) is 11.3 Å². The molecule has 19 heavy (non-hydrogen) atoms. The molecule has 6 nitrogen and oxygen atoms in total. The molecule has 0 aliphatic carbocycles. The molecule has 1 saturated heterocycles. The Balaban J connectivity index is 2.37. The van der Waals surface area contributed by atoms with Crippen LogP contribution in [-0.2, 0) is 4.74 Å². The van der Waals surface area contributed by atoms with E-state index in [0.717, 1.165) is 0 Å². The summed E-state index contributed by atoms with van der Waals surface area (Å²) in [7, 11) is 0. The molecule has 1 aliphatic rings. The number of carboxylic acid groups (broad SMARTS) is 1. The first-order valence-corrected chi connectivity index (χ1v) is 6.25. The Morgan fingerprint density at radius 1 is 1.37 bits per heavy atom. The summed E-state index contributed by atoms with van der Waals surface area (Å²) in [6.07, 6.45) is -1.54. The third kappa shape index (κ3) is 5.32. The van der Waals surface area contributed by atoms with Crippen LogP contribution in [-0.4, -0.2) is 53.1 Å². The molecule has 0 aromatic rings. The fourth-order valence-corrected chi connectivity index (χ4v) is 1.82. The summed E-state index contributed by atoms with van der Waals surface area (Å²) in [4.78, 5) is 23.3. The Morgan fingerprint density at radius 2 is 1.89 bits per heavy atom. The van der Waals surface area contributed by atoms with Crippen LogP contribution in [0.1, 0.15) is 33.6 Å². The van der Waals surface area contributed by atoms with E-state index in [0.29, 0.717) is 0 Å². The maximum atomic E-state index is 14.3. The molecule has 0 unspecified atom stereocenters. The van der Waals surface area contributed by atoms with Crippen molar-refractivity contribution in [2.24, 2.45) is 0 Å². The maximum Gasteiger partial charge on any atom is 0.407 e. The van der Waals surface area contributed by atoms with Gasteiger partial charge in [0, 0.05) is 25.9 Å². The lowest BCUT2D eigenvalue weighted by Gasteiger charge is -2.35. The van der Waals surface area contributed by atoms with Crippen molar-refractivity contribution in [3.63, 3.8) is 0 Å². The second-order valence-electron chi connectivity index (χ2n) is 5.78. The largest absolute Gasteiger partial charge is 0.465 e. The molecule has 0 saturated carbocycles. The highest BCUT2D eigenvalue weighted by molar-refractivity contribution is 5.67. The summed E-state index contributed by atoms with van der Waals surface area (Å²) < 4.78 is 19.3. The summed E-state index contributed by atoms with van der Waals surface area (Å²) >= 11 is 0. The quantitative estimate of drug-likeness (QED) is 0.808. The summed E-state index contributed by atoms with van der Waals surface area (Å²) in [5, 5.41) is 11.2. The number of rotatable bonds is 2. The summed E-state index contributed by atoms with van der Waals surface area (Å²) in [6, 6.07) is 0. The minimum atomic E-state index is -1.57. The Bertz CT molecular complexity index is 346. The highest BCUT2D eigenvalue weighted by atomic mass is 19.1. The second-order valence-corrected chi connectivity index (χ2v) is 5.78. The number of likely N-dealkylation sites (tertiary alicyclic amines) is 1. The van der Waals surface area contributed by atoms with Gasteiger partial charge in [0.25, 0.3) is 0 Å². The molecule has 1 fully saturated rings. The lowest BCUT2D eigenvalue weighted by atomic mass is 9.93. The lowest BCUT2D eigenvalue weighted by Crippen LogP contribution is -2.50. The van der Waals surface area contributed by atoms with Crippen molar-refractivity contribution in [3.05, 3.63) is 0 Å². The van der Waals surface area contributed by atoms with E-state index in [4.69, 9.17) is 9.84 Å². The van der Waals surface area contributed by atoms with Crippen LogP contribution in [0.3, 0.4) is 0 Å². The van der Waals surface area contributed by atoms with Crippen LogP contribution >= 0.6 is 0 Å². The molecule has 0 spiro atoms. The van der Waals surface area contributed by atoms with Gasteiger partial charge in [-0.05, 0) is 20.8 Å². The number of carbonyl (C=O) groups is 2. The highest BCUT2D eigenvalue weighted by Gasteiger charge is 2.36. The normalized spacial score (nSPS) is 18.8. The van der Waals surface area contributed by atoms with Crippen molar-refractivity contribution in [1.29, 1.82) is 0 Å². The van der Waals surface area contributed by atoms with Gasteiger partial charge < -0.3 is 20.1 Å². The molecule has 1 aliphatic heterocycles. The van der Waals surface area contributed by atoms with Crippen LogP contribution in [0.15, 0.2) is 0 Å². The van der Waals surface area contributed by atoms with Gasteiger partial charge in [-0.1, -0.05) is 0 Å². The molecular weight excluding hydrogens is 255 g/mol. The number of alkyl carbamates (subject to hydrolysis) is 1. The average molecular weight is 276 g/mol. The highest BCUT2D eigenvalue weighted by Crippen LogP contribution is 2.26. The number of nitrogens with one attached hydrogen (secondary N) is 1. The molecule has 1 rings (SSSR count). The molecule has 0 radical (unpaired) electrons. The molecule has 2 amide bonds. The number of amides is 2. The zero-order valence-electron chi connectivity index (χ0n) is 11.5. The standard InChI is InChI=1S/C12H21FN2O4/c1-11(2,3)19-9(16)14-8-12(13)4-6-15(7-5-12)10(17)18/h4-8H2,1-3H3,(H,14,16)(H,17,18). The predicted octanol–water partition coefficient (Wildman–Crippen LogP) is 1.99. The number of alkyl halides is 1. The Kier molecular flexibility index (Phi) is 4.60. The smallest absolute Gasteiger partial charge is 0.407 e. The molecular formula is C12H21FN2O4. The molecule has 0 aromatic carbocycles. The van der Waals surface area contributed by atoms with Gasteiger partial charge in [-0.15, -0.1) is 0 Å². The van der Waals surface area contributed by atoms with E-state index in [1.165, 1.54) is 4.90 Å². The molecule has 1 heterocycles. The van der Waals surface area contributed by atoms with Crippen molar-refractivity contribution in [2.75, 3.05) is 19.6 Å². The van der Waals surface area contributed by atoms with Gasteiger partial charge in [-0.2, -0.15) is 0 Å². The Hall–Kier alpha value is -1.53. The third-order valence-corrected chi connectivity index (χ3v) is 2.88. The first-order valence-electron chi connectivity index (χ1n) is 6.25. The van der Waals surface area contributed by atoms with Gasteiger partial charge >= 0.3 is 12.2 Å². The fourth-order valence-electron chi connectivity index (χ4n) is 1.82. The predicted molar refractivity (Wildman–Crippen MR) is 66.9 cm³/mol. The van der Waals surface area contributed by atoms with Gasteiger partial charge in [0.2, 0.25) is 0 Å². The lowest BCUT2D eigenvalue weighted by molar-refractivity contribution is 0.0350. The van der Waals surface area contributed by atoms with E-state index in [-0.39, 0.29) is 32.5 Å². The first-order chi connectivity index (χ1) is 8.61. The maximum absolute atomic E-state index is 14.3. The van der Waals surface area contributed by atoms with E-state index in [1.807, 2.05) is 0 Å². The second kappa shape index (κ2) is 5.63. The SMILES string of the molecule is CC(C)(C)OC(=O)NCC1(F)CCN(C(=O)O)CC1. The molecule has 0 bridgehead atoms. The zero-order valence-corrected chi connectivity index (χ0v) is 11.5. The van der Waals surface area contributed by atoms with Crippen molar-refractivity contribution in [2.45, 2.75) is 44.9 Å². The van der Waals surface area contributed by atoms with Crippen LogP contribution < -0.4 is 5.32 Å². The number of carbonyl (C=O) groups excluding carboxylic acids is 1. The van der Waals surface area contributed by atoms with E-state index in [9.17, 15) is 14.0 Å². The number of ether oxygens (including phenoxy) is 1. The van der Waals surface area contributed by atoms with E-state index in [1.54, 1.807) is 20.8 Å². The first kappa shape index (κ1) is 15.5. The van der Waals surface area contributed by atoms with Crippen molar-refractivity contribution >= 4 is 12.2 Å². The van der Waals surface area contributed by atoms with Crippen LogP contribution in [0.4, 0.5) is 14.0 Å². The van der Waals surface area contributed by atoms with Crippen molar-refractivity contribution in [1.82, 2.24) is 10.2 Å².